The Kier molecular flexibility index (Phi) is 7.27. The number of Topliss-reactive ketones (excluding diaryl/α,β-unsaturated/α-hetero) is 1. The van der Waals surface area contributed by atoms with Crippen LogP contribution in [0.2, 0.25) is 0 Å². The molecule has 19 heavy (non-hydrogen) atoms. The molecule has 0 amide bonds. The van der Waals surface area contributed by atoms with Gasteiger partial charge in [0.25, 0.3) is 0 Å². The van der Waals surface area contributed by atoms with Crippen molar-refractivity contribution in [2.45, 2.75) is 78.4 Å². The Bertz CT molecular complexity index is 300. The Morgan fingerprint density at radius 3 is 2.05 bits per heavy atom. The Hall–Kier alpha value is -0.900. The fourth-order valence-electron chi connectivity index (χ4n) is 1.49. The zero-order valence-corrected chi connectivity index (χ0v) is 13.2. The van der Waals surface area contributed by atoms with Crippen molar-refractivity contribution in [3.8, 4) is 0 Å². The molecule has 0 aliphatic heterocycles. The van der Waals surface area contributed by atoms with Gasteiger partial charge in [-0.1, -0.05) is 0 Å². The predicted octanol–water partition coefficient (Wildman–Crippen LogP) is 3.27. The first-order valence-corrected chi connectivity index (χ1v) is 6.87. The number of ether oxygens (including phenoxy) is 2. The first-order valence-electron chi connectivity index (χ1n) is 6.87. The summed E-state index contributed by atoms with van der Waals surface area (Å²) in [4.78, 5) is 22.4. The van der Waals surface area contributed by atoms with Gasteiger partial charge in [0.15, 0.2) is 0 Å². The van der Waals surface area contributed by atoms with Crippen LogP contribution >= 0.6 is 0 Å². The summed E-state index contributed by atoms with van der Waals surface area (Å²) in [6.07, 6.45) is 1.94. The molecular formula is C15H28O4. The van der Waals surface area contributed by atoms with Crippen LogP contribution in [0.5, 0.6) is 0 Å². The van der Waals surface area contributed by atoms with Crippen LogP contribution in [0, 0.1) is 0 Å². The zero-order valence-electron chi connectivity index (χ0n) is 13.2. The molecule has 0 N–H and O–H groups in total. The van der Waals surface area contributed by atoms with E-state index in [1.54, 1.807) is 0 Å². The van der Waals surface area contributed by atoms with E-state index in [0.717, 1.165) is 0 Å². The summed E-state index contributed by atoms with van der Waals surface area (Å²) in [7, 11) is 0. The van der Waals surface area contributed by atoms with Crippen LogP contribution in [0.1, 0.15) is 67.2 Å². The second-order valence-electron chi connectivity index (χ2n) is 6.50. The van der Waals surface area contributed by atoms with Gasteiger partial charge in [-0.25, -0.2) is 0 Å². The monoisotopic (exact) mass is 272 g/mol. The lowest BCUT2D eigenvalue weighted by Gasteiger charge is -2.27. The predicted molar refractivity (Wildman–Crippen MR) is 75.0 cm³/mol. The Morgan fingerprint density at radius 1 is 1.00 bits per heavy atom. The van der Waals surface area contributed by atoms with Crippen LogP contribution in [0.4, 0.5) is 0 Å². The van der Waals surface area contributed by atoms with Crippen molar-refractivity contribution < 1.29 is 19.1 Å². The van der Waals surface area contributed by atoms with E-state index in [9.17, 15) is 9.59 Å². The smallest absolute Gasteiger partial charge is 0.306 e. The molecule has 112 valence electrons. The van der Waals surface area contributed by atoms with Gasteiger partial charge in [-0.2, -0.15) is 0 Å². The van der Waals surface area contributed by atoms with E-state index in [0.29, 0.717) is 32.3 Å². The van der Waals surface area contributed by atoms with Gasteiger partial charge in [0.05, 0.1) is 12.2 Å². The molecule has 0 unspecified atom stereocenters. The Morgan fingerprint density at radius 2 is 1.58 bits per heavy atom. The highest BCUT2D eigenvalue weighted by molar-refractivity contribution is 5.76. The molecule has 0 aromatic heterocycles. The number of carbonyl (C=O) groups is 2. The summed E-state index contributed by atoms with van der Waals surface area (Å²) in [5.74, 6) is -0.146. The van der Waals surface area contributed by atoms with Crippen molar-refractivity contribution >= 4 is 11.8 Å². The second kappa shape index (κ2) is 7.63. The normalized spacial score (nSPS) is 12.3. The summed E-state index contributed by atoms with van der Waals surface area (Å²) in [5.41, 5.74) is -0.708. The average Bonchev–Trinajstić information content (AvgIpc) is 2.12. The van der Waals surface area contributed by atoms with Gasteiger partial charge in [0, 0.05) is 19.3 Å². The first kappa shape index (κ1) is 18.1. The first-order chi connectivity index (χ1) is 8.52. The highest BCUT2D eigenvalue weighted by Gasteiger charge is 2.23. The molecule has 0 saturated carbocycles. The van der Waals surface area contributed by atoms with Gasteiger partial charge in [-0.3, -0.25) is 4.79 Å². The summed E-state index contributed by atoms with van der Waals surface area (Å²) >= 11 is 0. The standard InChI is InChI=1S/C15H28O4/c1-12(16)8-7-9-13(17)19-15(5,6)10-11-18-14(2,3)4/h7-11H2,1-6H3. The minimum Gasteiger partial charge on any atom is -0.460 e. The van der Waals surface area contributed by atoms with E-state index < -0.39 is 5.60 Å². The molecule has 0 bridgehead atoms. The second-order valence-corrected chi connectivity index (χ2v) is 6.50. The molecule has 0 heterocycles. The number of ketones is 1. The van der Waals surface area contributed by atoms with E-state index in [2.05, 4.69) is 0 Å². The van der Waals surface area contributed by atoms with Gasteiger partial charge >= 0.3 is 5.97 Å². The molecule has 0 fully saturated rings. The lowest BCUT2D eigenvalue weighted by molar-refractivity contribution is -0.159. The summed E-state index contributed by atoms with van der Waals surface area (Å²) in [5, 5.41) is 0. The van der Waals surface area contributed by atoms with Gasteiger partial charge < -0.3 is 14.3 Å². The largest absolute Gasteiger partial charge is 0.460 e. The highest BCUT2D eigenvalue weighted by atomic mass is 16.6. The molecule has 0 aliphatic rings. The van der Waals surface area contributed by atoms with Crippen molar-refractivity contribution in [3.05, 3.63) is 0 Å². The Balaban J connectivity index is 3.93. The maximum Gasteiger partial charge on any atom is 0.306 e. The average molecular weight is 272 g/mol. The van der Waals surface area contributed by atoms with Gasteiger partial charge in [0.2, 0.25) is 0 Å². The fraction of sp³-hybridized carbons (Fsp3) is 0.867. The van der Waals surface area contributed by atoms with Crippen molar-refractivity contribution in [3.63, 3.8) is 0 Å². The molecule has 0 spiro atoms. The number of esters is 1. The molecule has 0 aromatic carbocycles. The SMILES string of the molecule is CC(=O)CCCC(=O)OC(C)(C)CCOC(C)(C)C. The quantitative estimate of drug-likeness (QED) is 0.636. The number of hydrogen-bond donors (Lipinski definition) is 0. The lowest BCUT2D eigenvalue weighted by atomic mass is 10.1. The summed E-state index contributed by atoms with van der Waals surface area (Å²) < 4.78 is 11.0. The maximum absolute atomic E-state index is 11.6. The maximum atomic E-state index is 11.6. The van der Waals surface area contributed by atoms with Gasteiger partial charge in [-0.15, -0.1) is 0 Å². The van der Waals surface area contributed by atoms with E-state index in [1.165, 1.54) is 6.92 Å². The van der Waals surface area contributed by atoms with E-state index >= 15 is 0 Å². The number of hydrogen-bond acceptors (Lipinski definition) is 4. The topological polar surface area (TPSA) is 52.6 Å². The molecule has 0 aromatic rings. The molecule has 4 heteroatoms. The molecular weight excluding hydrogens is 244 g/mol. The molecule has 0 rings (SSSR count). The molecule has 0 radical (unpaired) electrons. The summed E-state index contributed by atoms with van der Waals surface area (Å²) in [6, 6.07) is 0. The van der Waals surface area contributed by atoms with E-state index in [1.807, 2.05) is 34.6 Å². The van der Waals surface area contributed by atoms with Crippen LogP contribution in [0.15, 0.2) is 0 Å². The van der Waals surface area contributed by atoms with E-state index in [-0.39, 0.29) is 17.4 Å². The van der Waals surface area contributed by atoms with Crippen molar-refractivity contribution in [1.29, 1.82) is 0 Å². The molecule has 0 atom stereocenters. The van der Waals surface area contributed by atoms with Gasteiger partial charge in [-0.05, 0) is 48.0 Å². The van der Waals surface area contributed by atoms with Crippen molar-refractivity contribution in [2.75, 3.05) is 6.61 Å². The molecule has 4 nitrogen and oxygen atoms in total. The minimum atomic E-state index is -0.529. The minimum absolute atomic E-state index is 0.102. The van der Waals surface area contributed by atoms with Crippen LogP contribution in [-0.2, 0) is 19.1 Å². The van der Waals surface area contributed by atoms with E-state index in [4.69, 9.17) is 9.47 Å². The molecule has 0 aliphatic carbocycles. The van der Waals surface area contributed by atoms with Crippen LogP contribution in [0.3, 0.4) is 0 Å². The highest BCUT2D eigenvalue weighted by Crippen LogP contribution is 2.18. The third-order valence-electron chi connectivity index (χ3n) is 2.54. The van der Waals surface area contributed by atoms with Crippen molar-refractivity contribution in [2.24, 2.45) is 0 Å². The van der Waals surface area contributed by atoms with Gasteiger partial charge in [0.1, 0.15) is 11.4 Å². The molecule has 0 saturated heterocycles. The third-order valence-corrected chi connectivity index (χ3v) is 2.54. The summed E-state index contributed by atoms with van der Waals surface area (Å²) in [6.45, 7) is 11.8. The number of carbonyl (C=O) groups excluding carboxylic acids is 2. The van der Waals surface area contributed by atoms with Crippen molar-refractivity contribution in [1.82, 2.24) is 0 Å². The third kappa shape index (κ3) is 11.9. The Labute approximate surface area is 116 Å². The van der Waals surface area contributed by atoms with Crippen LogP contribution in [-0.4, -0.2) is 29.6 Å². The van der Waals surface area contributed by atoms with Crippen LogP contribution < -0.4 is 0 Å². The van der Waals surface area contributed by atoms with Crippen LogP contribution in [0.25, 0.3) is 0 Å². The zero-order chi connectivity index (χ0) is 15.1. The lowest BCUT2D eigenvalue weighted by Crippen LogP contribution is -2.31. The number of rotatable bonds is 8. The fourth-order valence-corrected chi connectivity index (χ4v) is 1.49.